The van der Waals surface area contributed by atoms with Gasteiger partial charge in [-0.05, 0) is 108 Å². The SMILES string of the molecule is CCC(CCCCN1CCCN(CC2CCCC(NS(=O)(=O)C3CCCC(C)C/C=C\C=NC3)CC2)CC1)OCC(F)(F)F. The van der Waals surface area contributed by atoms with Crippen molar-refractivity contribution in [2.45, 2.75) is 127 Å². The van der Waals surface area contributed by atoms with E-state index in [0.29, 0.717) is 37.6 Å². The number of aliphatic imine (C=N–C) groups is 1. The molecular formula is C33H59F3N4O3S. The predicted molar refractivity (Wildman–Crippen MR) is 174 cm³/mol. The molecule has 2 fully saturated rings. The summed E-state index contributed by atoms with van der Waals surface area (Å²) in [4.78, 5) is 9.50. The van der Waals surface area contributed by atoms with E-state index < -0.39 is 28.1 Å². The Balaban J connectivity index is 1.36. The van der Waals surface area contributed by atoms with Crippen molar-refractivity contribution in [3.05, 3.63) is 12.2 Å². The Labute approximate surface area is 265 Å². The first-order chi connectivity index (χ1) is 21.0. The molecule has 2 heterocycles. The number of sulfonamides is 1. The number of unbranched alkanes of at least 4 members (excludes halogenated alkanes) is 1. The molecule has 3 aliphatic rings. The summed E-state index contributed by atoms with van der Waals surface area (Å²) in [6, 6.07) is 0.0109. The predicted octanol–water partition coefficient (Wildman–Crippen LogP) is 6.60. The molecule has 256 valence electrons. The third-order valence-corrected chi connectivity index (χ3v) is 11.6. The van der Waals surface area contributed by atoms with Gasteiger partial charge >= 0.3 is 6.18 Å². The van der Waals surface area contributed by atoms with Crippen LogP contribution in [-0.4, -0.2) is 100 Å². The first-order valence-electron chi connectivity index (χ1n) is 17.3. The lowest BCUT2D eigenvalue weighted by Gasteiger charge is -2.26. The molecule has 0 aromatic heterocycles. The summed E-state index contributed by atoms with van der Waals surface area (Å²) >= 11 is 0. The summed E-state index contributed by atoms with van der Waals surface area (Å²) in [6.07, 6.45) is 14.2. The van der Waals surface area contributed by atoms with Gasteiger partial charge in [0, 0.05) is 31.9 Å². The fourth-order valence-electron chi connectivity index (χ4n) is 6.90. The Kier molecular flexibility index (Phi) is 16.7. The molecule has 44 heavy (non-hydrogen) atoms. The van der Waals surface area contributed by atoms with E-state index in [-0.39, 0.29) is 12.1 Å². The highest BCUT2D eigenvalue weighted by Gasteiger charge is 2.31. The van der Waals surface area contributed by atoms with Gasteiger partial charge < -0.3 is 14.5 Å². The van der Waals surface area contributed by atoms with Gasteiger partial charge in [0.1, 0.15) is 6.61 Å². The molecule has 1 aliphatic carbocycles. The molecule has 1 saturated heterocycles. The van der Waals surface area contributed by atoms with Crippen molar-refractivity contribution in [3.8, 4) is 0 Å². The molecule has 5 atom stereocenters. The number of allylic oxidation sites excluding steroid dienone is 2. The first-order valence-corrected chi connectivity index (χ1v) is 18.9. The molecule has 1 saturated carbocycles. The molecule has 0 bridgehead atoms. The number of ether oxygens (including phenoxy) is 1. The van der Waals surface area contributed by atoms with Gasteiger partial charge in [0.2, 0.25) is 10.0 Å². The molecule has 0 amide bonds. The van der Waals surface area contributed by atoms with E-state index in [1.165, 1.54) is 0 Å². The zero-order valence-electron chi connectivity index (χ0n) is 27.3. The van der Waals surface area contributed by atoms with Crippen molar-refractivity contribution in [2.24, 2.45) is 16.8 Å². The lowest BCUT2D eigenvalue weighted by Crippen LogP contribution is -2.42. The van der Waals surface area contributed by atoms with Crippen LogP contribution in [0.2, 0.25) is 0 Å². The highest BCUT2D eigenvalue weighted by Crippen LogP contribution is 2.26. The van der Waals surface area contributed by atoms with Crippen molar-refractivity contribution < 1.29 is 26.3 Å². The van der Waals surface area contributed by atoms with E-state index in [4.69, 9.17) is 4.74 Å². The fraction of sp³-hybridized carbons (Fsp3) is 0.909. The Morgan fingerprint density at radius 3 is 2.55 bits per heavy atom. The second kappa shape index (κ2) is 19.6. The topological polar surface area (TPSA) is 74.2 Å². The molecule has 11 heteroatoms. The van der Waals surface area contributed by atoms with Crippen LogP contribution >= 0.6 is 0 Å². The monoisotopic (exact) mass is 648 g/mol. The Morgan fingerprint density at radius 2 is 1.75 bits per heavy atom. The van der Waals surface area contributed by atoms with Crippen LogP contribution in [0.1, 0.15) is 104 Å². The molecule has 3 rings (SSSR count). The normalized spacial score (nSPS) is 28.9. The van der Waals surface area contributed by atoms with Crippen molar-refractivity contribution in [2.75, 3.05) is 52.4 Å². The molecule has 7 nitrogen and oxygen atoms in total. The van der Waals surface area contributed by atoms with Crippen molar-refractivity contribution in [1.82, 2.24) is 14.5 Å². The number of nitrogens with zero attached hydrogens (tertiary/aromatic N) is 3. The summed E-state index contributed by atoms with van der Waals surface area (Å²) in [5.41, 5.74) is 0. The van der Waals surface area contributed by atoms with Gasteiger partial charge in [0.05, 0.1) is 17.9 Å². The maximum absolute atomic E-state index is 13.4. The van der Waals surface area contributed by atoms with Crippen LogP contribution in [0.4, 0.5) is 13.2 Å². The summed E-state index contributed by atoms with van der Waals surface area (Å²) in [6.45, 7) is 9.54. The van der Waals surface area contributed by atoms with Crippen LogP contribution in [0.15, 0.2) is 17.1 Å². The minimum atomic E-state index is -4.26. The minimum absolute atomic E-state index is 0.0109. The number of hydrogen-bond donors (Lipinski definition) is 1. The average Bonchev–Trinajstić information content (AvgIpc) is 3.34. The molecule has 2 aliphatic heterocycles. The van der Waals surface area contributed by atoms with Gasteiger partial charge in [-0.1, -0.05) is 39.2 Å². The van der Waals surface area contributed by atoms with E-state index in [1.54, 1.807) is 6.21 Å². The van der Waals surface area contributed by atoms with Crippen LogP contribution in [0.25, 0.3) is 0 Å². The van der Waals surface area contributed by atoms with E-state index in [0.717, 1.165) is 110 Å². The quantitative estimate of drug-likeness (QED) is 0.180. The van der Waals surface area contributed by atoms with Crippen molar-refractivity contribution in [3.63, 3.8) is 0 Å². The summed E-state index contributed by atoms with van der Waals surface area (Å²) in [5, 5.41) is -0.465. The maximum Gasteiger partial charge on any atom is 0.411 e. The molecule has 0 aromatic carbocycles. The van der Waals surface area contributed by atoms with Crippen molar-refractivity contribution >= 4 is 16.2 Å². The van der Waals surface area contributed by atoms with Crippen LogP contribution < -0.4 is 4.72 Å². The van der Waals surface area contributed by atoms with Crippen molar-refractivity contribution in [1.29, 1.82) is 0 Å². The first kappa shape index (κ1) is 37.4. The fourth-order valence-corrected chi connectivity index (χ4v) is 8.55. The lowest BCUT2D eigenvalue weighted by molar-refractivity contribution is -0.186. The highest BCUT2D eigenvalue weighted by molar-refractivity contribution is 7.90. The van der Waals surface area contributed by atoms with E-state index in [2.05, 4.69) is 32.5 Å². The summed E-state index contributed by atoms with van der Waals surface area (Å²) in [7, 11) is -3.43. The third kappa shape index (κ3) is 15.1. The van der Waals surface area contributed by atoms with Crippen LogP contribution in [0, 0.1) is 11.8 Å². The zero-order chi connectivity index (χ0) is 31.8. The summed E-state index contributed by atoms with van der Waals surface area (Å²) < 4.78 is 72.4. The zero-order valence-corrected chi connectivity index (χ0v) is 28.1. The largest absolute Gasteiger partial charge is 0.411 e. The molecular weight excluding hydrogens is 589 g/mol. The van der Waals surface area contributed by atoms with E-state index in [9.17, 15) is 21.6 Å². The summed E-state index contributed by atoms with van der Waals surface area (Å²) in [5.74, 6) is 1.15. The highest BCUT2D eigenvalue weighted by atomic mass is 32.2. The molecule has 0 spiro atoms. The number of halogens is 3. The third-order valence-electron chi connectivity index (χ3n) is 9.64. The standard InChI is InChI=1S/C33H59F3N4O3S/c1-3-31(43-27-33(34,35)36)15-5-7-20-39-21-10-22-40(24-23-39)26-29-13-9-14-30(18-17-29)38-44(41,42)32-16-8-12-28(2)11-4-6-19-37-25-32/h4,6,19,28-32,38H,3,5,7-18,20-27H2,1-2H3/b6-4-,37-19?. The van der Waals surface area contributed by atoms with Gasteiger partial charge in [0.25, 0.3) is 0 Å². The molecule has 0 aromatic rings. The number of hydrogen-bond acceptors (Lipinski definition) is 6. The van der Waals surface area contributed by atoms with Gasteiger partial charge in [-0.15, -0.1) is 0 Å². The smallest absolute Gasteiger partial charge is 0.369 e. The molecule has 0 radical (unpaired) electrons. The van der Waals surface area contributed by atoms with E-state index >= 15 is 0 Å². The van der Waals surface area contributed by atoms with E-state index in [1.807, 2.05) is 13.0 Å². The van der Waals surface area contributed by atoms with Gasteiger partial charge in [-0.3, -0.25) is 4.99 Å². The van der Waals surface area contributed by atoms with Crippen LogP contribution in [-0.2, 0) is 14.8 Å². The van der Waals surface area contributed by atoms with Crippen LogP contribution in [0.3, 0.4) is 0 Å². The molecule has 1 N–H and O–H groups in total. The Bertz CT molecular complexity index is 962. The second-order valence-corrected chi connectivity index (χ2v) is 15.5. The Hall–Kier alpha value is -1.01. The maximum atomic E-state index is 13.4. The van der Waals surface area contributed by atoms with Gasteiger partial charge in [-0.2, -0.15) is 13.2 Å². The molecule has 5 unspecified atom stereocenters. The average molecular weight is 649 g/mol. The number of nitrogens with one attached hydrogen (secondary N) is 1. The second-order valence-electron chi connectivity index (χ2n) is 13.5. The number of alkyl halides is 3. The van der Waals surface area contributed by atoms with Crippen LogP contribution in [0.5, 0.6) is 0 Å². The minimum Gasteiger partial charge on any atom is -0.369 e. The number of rotatable bonds is 13. The van der Waals surface area contributed by atoms with Gasteiger partial charge in [0.15, 0.2) is 0 Å². The lowest BCUT2D eigenvalue weighted by atomic mass is 9.99. The Morgan fingerprint density at radius 1 is 0.977 bits per heavy atom. The van der Waals surface area contributed by atoms with Gasteiger partial charge in [-0.25, -0.2) is 13.1 Å².